The van der Waals surface area contributed by atoms with Crippen molar-refractivity contribution in [3.8, 4) is 0 Å². The molecule has 2 N–H and O–H groups in total. The fraction of sp³-hybridized carbons (Fsp3) is 1.00. The average Bonchev–Trinajstić information content (AvgIpc) is 2.14. The van der Waals surface area contributed by atoms with Gasteiger partial charge < -0.3 is 10.0 Å². The maximum absolute atomic E-state index is 9.54. The second-order valence-electron chi connectivity index (χ2n) is 5.93. The molecule has 0 amide bonds. The molecule has 0 bridgehead atoms. The van der Waals surface area contributed by atoms with Crippen LogP contribution in [0, 0.1) is 5.41 Å². The Balaban J connectivity index is 2.78. The quantitative estimate of drug-likeness (QED) is 0.690. The molecular formula is C12H25BO2. The molecule has 0 radical (unpaired) electrons. The molecule has 1 fully saturated rings. The Morgan fingerprint density at radius 2 is 1.67 bits per heavy atom. The minimum absolute atomic E-state index is 0.291. The highest BCUT2D eigenvalue weighted by Gasteiger charge is 2.42. The van der Waals surface area contributed by atoms with E-state index >= 15 is 0 Å². The molecule has 2 nitrogen and oxygen atoms in total. The van der Waals surface area contributed by atoms with Crippen LogP contribution >= 0.6 is 0 Å². The number of hydrogen-bond acceptors (Lipinski definition) is 2. The fourth-order valence-electron chi connectivity index (χ4n) is 2.93. The van der Waals surface area contributed by atoms with Crippen molar-refractivity contribution in [2.24, 2.45) is 5.41 Å². The first-order chi connectivity index (χ1) is 6.92. The zero-order valence-electron chi connectivity index (χ0n) is 10.4. The Labute approximate surface area is 94.2 Å². The molecular weight excluding hydrogens is 187 g/mol. The van der Waals surface area contributed by atoms with Crippen molar-refractivity contribution in [3.05, 3.63) is 0 Å². The summed E-state index contributed by atoms with van der Waals surface area (Å²) in [6, 6.07) is 0. The van der Waals surface area contributed by atoms with Gasteiger partial charge >= 0.3 is 7.12 Å². The molecule has 0 saturated heterocycles. The van der Waals surface area contributed by atoms with E-state index in [4.69, 9.17) is 0 Å². The van der Waals surface area contributed by atoms with Crippen LogP contribution < -0.4 is 0 Å². The van der Waals surface area contributed by atoms with E-state index in [9.17, 15) is 10.0 Å². The second-order valence-corrected chi connectivity index (χ2v) is 5.93. The standard InChI is InChI=1S/C12H25BO2/c1-4-11(2)8-6-5-7-9-12(3,10-11)13(14)15/h14-15H,4-10H2,1-3H3. The van der Waals surface area contributed by atoms with Crippen molar-refractivity contribution in [3.63, 3.8) is 0 Å². The van der Waals surface area contributed by atoms with E-state index in [2.05, 4.69) is 13.8 Å². The Morgan fingerprint density at radius 3 is 2.20 bits per heavy atom. The smallest absolute Gasteiger partial charge is 0.427 e. The van der Waals surface area contributed by atoms with Gasteiger partial charge in [-0.15, -0.1) is 0 Å². The lowest BCUT2D eigenvalue weighted by atomic mass is 9.50. The maximum atomic E-state index is 9.54. The van der Waals surface area contributed by atoms with Crippen LogP contribution in [0.5, 0.6) is 0 Å². The molecule has 1 aliphatic rings. The molecule has 2 unspecified atom stereocenters. The molecule has 0 aromatic heterocycles. The van der Waals surface area contributed by atoms with E-state index < -0.39 is 7.12 Å². The van der Waals surface area contributed by atoms with Crippen LogP contribution in [0.25, 0.3) is 0 Å². The predicted octanol–water partition coefficient (Wildman–Crippen LogP) is 2.99. The largest absolute Gasteiger partial charge is 0.457 e. The summed E-state index contributed by atoms with van der Waals surface area (Å²) in [5.41, 5.74) is 0.291. The van der Waals surface area contributed by atoms with Gasteiger partial charge in [-0.05, 0) is 24.7 Å². The zero-order chi connectivity index (χ0) is 11.5. The fourth-order valence-corrected chi connectivity index (χ4v) is 2.93. The van der Waals surface area contributed by atoms with Crippen molar-refractivity contribution >= 4 is 7.12 Å². The van der Waals surface area contributed by atoms with Crippen LogP contribution in [-0.4, -0.2) is 17.2 Å². The molecule has 0 aliphatic heterocycles. The molecule has 2 atom stereocenters. The highest BCUT2D eigenvalue weighted by atomic mass is 16.4. The number of rotatable bonds is 2. The maximum Gasteiger partial charge on any atom is 0.457 e. The molecule has 15 heavy (non-hydrogen) atoms. The van der Waals surface area contributed by atoms with Crippen LogP contribution in [-0.2, 0) is 0 Å². The van der Waals surface area contributed by atoms with E-state index in [-0.39, 0.29) is 5.31 Å². The summed E-state index contributed by atoms with van der Waals surface area (Å²) in [7, 11) is -1.17. The minimum atomic E-state index is -1.17. The Bertz CT molecular complexity index is 208. The van der Waals surface area contributed by atoms with E-state index in [1.807, 2.05) is 6.92 Å². The van der Waals surface area contributed by atoms with Gasteiger partial charge in [-0.1, -0.05) is 46.5 Å². The van der Waals surface area contributed by atoms with Crippen LogP contribution in [0.4, 0.5) is 0 Å². The monoisotopic (exact) mass is 212 g/mol. The van der Waals surface area contributed by atoms with Gasteiger partial charge in [-0.3, -0.25) is 0 Å². The minimum Gasteiger partial charge on any atom is -0.427 e. The molecule has 88 valence electrons. The van der Waals surface area contributed by atoms with Gasteiger partial charge in [-0.25, -0.2) is 0 Å². The Morgan fingerprint density at radius 1 is 1.07 bits per heavy atom. The lowest BCUT2D eigenvalue weighted by Crippen LogP contribution is -2.36. The molecule has 0 spiro atoms. The summed E-state index contributed by atoms with van der Waals surface area (Å²) in [5.74, 6) is 0. The molecule has 1 saturated carbocycles. The average molecular weight is 212 g/mol. The van der Waals surface area contributed by atoms with Crippen molar-refractivity contribution in [2.45, 2.75) is 71.0 Å². The third-order valence-electron chi connectivity index (χ3n) is 4.34. The lowest BCUT2D eigenvalue weighted by molar-refractivity contribution is 0.173. The molecule has 1 aliphatic carbocycles. The summed E-state index contributed by atoms with van der Waals surface area (Å²) in [5, 5.41) is 18.8. The molecule has 0 aromatic rings. The summed E-state index contributed by atoms with van der Waals surface area (Å²) < 4.78 is 0. The SMILES string of the molecule is CCC1(C)CCCCCC(C)(B(O)O)C1. The topological polar surface area (TPSA) is 40.5 Å². The first-order valence-electron chi connectivity index (χ1n) is 6.28. The molecule has 0 aromatic carbocycles. The first kappa shape index (κ1) is 13.1. The Kier molecular flexibility index (Phi) is 4.24. The number of hydrogen-bond donors (Lipinski definition) is 2. The van der Waals surface area contributed by atoms with Gasteiger partial charge in [0.2, 0.25) is 0 Å². The van der Waals surface area contributed by atoms with E-state index in [1.54, 1.807) is 0 Å². The van der Waals surface area contributed by atoms with Crippen molar-refractivity contribution < 1.29 is 10.0 Å². The predicted molar refractivity (Wildman–Crippen MR) is 64.7 cm³/mol. The normalized spacial score (nSPS) is 38.2. The van der Waals surface area contributed by atoms with E-state index in [1.165, 1.54) is 19.3 Å². The second kappa shape index (κ2) is 4.88. The van der Waals surface area contributed by atoms with Crippen LogP contribution in [0.15, 0.2) is 0 Å². The lowest BCUT2D eigenvalue weighted by Gasteiger charge is -2.41. The van der Waals surface area contributed by atoms with E-state index in [0.717, 1.165) is 25.7 Å². The highest BCUT2D eigenvalue weighted by molar-refractivity contribution is 6.45. The van der Waals surface area contributed by atoms with Gasteiger partial charge in [0.25, 0.3) is 0 Å². The van der Waals surface area contributed by atoms with E-state index in [0.29, 0.717) is 5.41 Å². The molecule has 1 rings (SSSR count). The van der Waals surface area contributed by atoms with Crippen LogP contribution in [0.3, 0.4) is 0 Å². The van der Waals surface area contributed by atoms with Gasteiger partial charge in [0.1, 0.15) is 0 Å². The Hall–Kier alpha value is -0.0151. The first-order valence-corrected chi connectivity index (χ1v) is 6.28. The van der Waals surface area contributed by atoms with Crippen LogP contribution in [0.2, 0.25) is 5.31 Å². The van der Waals surface area contributed by atoms with Gasteiger partial charge in [-0.2, -0.15) is 0 Å². The zero-order valence-corrected chi connectivity index (χ0v) is 10.4. The third-order valence-corrected chi connectivity index (χ3v) is 4.34. The van der Waals surface area contributed by atoms with Gasteiger partial charge in [0.15, 0.2) is 0 Å². The van der Waals surface area contributed by atoms with Gasteiger partial charge in [0.05, 0.1) is 0 Å². The summed E-state index contributed by atoms with van der Waals surface area (Å²) in [6.45, 7) is 6.53. The van der Waals surface area contributed by atoms with Crippen molar-refractivity contribution in [2.75, 3.05) is 0 Å². The van der Waals surface area contributed by atoms with Crippen LogP contribution in [0.1, 0.15) is 65.7 Å². The van der Waals surface area contributed by atoms with Crippen molar-refractivity contribution in [1.82, 2.24) is 0 Å². The third kappa shape index (κ3) is 3.22. The summed E-state index contributed by atoms with van der Waals surface area (Å²) in [6.07, 6.45) is 7.91. The van der Waals surface area contributed by atoms with Crippen molar-refractivity contribution in [1.29, 1.82) is 0 Å². The highest BCUT2D eigenvalue weighted by Crippen LogP contribution is 2.50. The molecule has 3 heteroatoms. The van der Waals surface area contributed by atoms with Gasteiger partial charge in [0, 0.05) is 5.31 Å². The summed E-state index contributed by atoms with van der Waals surface area (Å²) in [4.78, 5) is 0. The summed E-state index contributed by atoms with van der Waals surface area (Å²) >= 11 is 0. The molecule has 0 heterocycles.